The zero-order valence-electron chi connectivity index (χ0n) is 12.1. The average molecular weight is 315 g/mol. The van der Waals surface area contributed by atoms with Gasteiger partial charge in [0.15, 0.2) is 0 Å². The van der Waals surface area contributed by atoms with Gasteiger partial charge in [-0.05, 0) is 24.6 Å². The van der Waals surface area contributed by atoms with Gasteiger partial charge in [0.05, 0.1) is 17.7 Å². The van der Waals surface area contributed by atoms with Gasteiger partial charge >= 0.3 is 0 Å². The van der Waals surface area contributed by atoms with Crippen LogP contribution in [-0.2, 0) is 9.53 Å². The number of hydrogen-bond donors (Lipinski definition) is 1. The fourth-order valence-corrected chi connectivity index (χ4v) is 2.55. The molecule has 0 aliphatic carbocycles. The summed E-state index contributed by atoms with van der Waals surface area (Å²) in [6.07, 6.45) is 0.344. The molecule has 2 rings (SSSR count). The van der Waals surface area contributed by atoms with Gasteiger partial charge < -0.3 is 10.1 Å². The first-order valence-corrected chi connectivity index (χ1v) is 7.53. The molecule has 1 aromatic rings. The van der Waals surface area contributed by atoms with Gasteiger partial charge in [0.1, 0.15) is 5.82 Å². The highest BCUT2D eigenvalue weighted by molar-refractivity contribution is 6.30. The molecule has 0 saturated carbocycles. The lowest BCUT2D eigenvalue weighted by atomic mass is 10.1. The molecule has 1 atom stereocenters. The number of hydrogen-bond acceptors (Lipinski definition) is 3. The van der Waals surface area contributed by atoms with Gasteiger partial charge in [0, 0.05) is 32.6 Å². The summed E-state index contributed by atoms with van der Waals surface area (Å²) >= 11 is 5.81. The average Bonchev–Trinajstić information content (AvgIpc) is 2.49. The zero-order chi connectivity index (χ0) is 15.2. The standard InChI is InChI=1S/C15H20ClFN2O2/c1-2-18-15(20)5-6-19-7-8-21-14(10-19)11-3-4-13(17)12(16)9-11/h3-4,9,14H,2,5-8,10H2,1H3,(H,18,20). The molecular formula is C15H20ClFN2O2. The molecule has 1 heterocycles. The number of carbonyl (C=O) groups is 1. The fourth-order valence-electron chi connectivity index (χ4n) is 2.37. The number of benzene rings is 1. The Bertz CT molecular complexity index is 499. The maximum absolute atomic E-state index is 13.2. The number of halogens is 2. The number of rotatable bonds is 5. The third-order valence-electron chi connectivity index (χ3n) is 3.50. The third kappa shape index (κ3) is 4.66. The second kappa shape index (κ2) is 7.73. The van der Waals surface area contributed by atoms with Crippen LogP contribution in [0.2, 0.25) is 5.02 Å². The Morgan fingerprint density at radius 1 is 1.57 bits per heavy atom. The van der Waals surface area contributed by atoms with E-state index in [2.05, 4.69) is 10.2 Å². The van der Waals surface area contributed by atoms with E-state index in [1.165, 1.54) is 6.07 Å². The minimum Gasteiger partial charge on any atom is -0.371 e. The molecule has 1 fully saturated rings. The van der Waals surface area contributed by atoms with Crippen molar-refractivity contribution in [3.05, 3.63) is 34.6 Å². The molecule has 1 N–H and O–H groups in total. The van der Waals surface area contributed by atoms with E-state index >= 15 is 0 Å². The Labute approximate surface area is 129 Å². The van der Waals surface area contributed by atoms with Crippen molar-refractivity contribution in [3.8, 4) is 0 Å². The van der Waals surface area contributed by atoms with Gasteiger partial charge in [-0.3, -0.25) is 9.69 Å². The second-order valence-corrected chi connectivity index (χ2v) is 5.44. The molecule has 1 aliphatic rings. The molecule has 0 aromatic heterocycles. The second-order valence-electron chi connectivity index (χ2n) is 5.04. The summed E-state index contributed by atoms with van der Waals surface area (Å²) in [5.41, 5.74) is 0.865. The van der Waals surface area contributed by atoms with Crippen LogP contribution in [0.15, 0.2) is 18.2 Å². The van der Waals surface area contributed by atoms with Crippen LogP contribution in [0, 0.1) is 5.82 Å². The normalized spacial score (nSPS) is 19.5. The smallest absolute Gasteiger partial charge is 0.221 e. The molecule has 21 heavy (non-hydrogen) atoms. The van der Waals surface area contributed by atoms with Crippen molar-refractivity contribution in [2.45, 2.75) is 19.4 Å². The summed E-state index contributed by atoms with van der Waals surface area (Å²) in [5.74, 6) is -0.366. The van der Waals surface area contributed by atoms with Crippen LogP contribution >= 0.6 is 11.6 Å². The topological polar surface area (TPSA) is 41.6 Å². The molecule has 1 saturated heterocycles. The first-order valence-electron chi connectivity index (χ1n) is 7.15. The van der Waals surface area contributed by atoms with E-state index in [9.17, 15) is 9.18 Å². The molecule has 116 valence electrons. The van der Waals surface area contributed by atoms with Gasteiger partial charge in [-0.15, -0.1) is 0 Å². The van der Waals surface area contributed by atoms with Crippen molar-refractivity contribution in [1.29, 1.82) is 0 Å². The van der Waals surface area contributed by atoms with Crippen molar-refractivity contribution in [2.24, 2.45) is 0 Å². The summed E-state index contributed by atoms with van der Waals surface area (Å²) < 4.78 is 18.9. The highest BCUT2D eigenvalue weighted by atomic mass is 35.5. The molecule has 1 aromatic carbocycles. The van der Waals surface area contributed by atoms with E-state index in [1.807, 2.05) is 6.92 Å². The van der Waals surface area contributed by atoms with Crippen molar-refractivity contribution in [1.82, 2.24) is 10.2 Å². The summed E-state index contributed by atoms with van der Waals surface area (Å²) in [6, 6.07) is 4.66. The quantitative estimate of drug-likeness (QED) is 0.907. The predicted molar refractivity (Wildman–Crippen MR) is 79.8 cm³/mol. The Kier molecular flexibility index (Phi) is 5.96. The van der Waals surface area contributed by atoms with Crippen molar-refractivity contribution in [2.75, 3.05) is 32.8 Å². The molecule has 0 spiro atoms. The highest BCUT2D eigenvalue weighted by Gasteiger charge is 2.22. The van der Waals surface area contributed by atoms with Gasteiger partial charge in [-0.25, -0.2) is 4.39 Å². The van der Waals surface area contributed by atoms with E-state index in [0.29, 0.717) is 32.7 Å². The number of carbonyl (C=O) groups excluding carboxylic acids is 1. The Balaban J connectivity index is 1.91. The summed E-state index contributed by atoms with van der Waals surface area (Å²) in [5, 5.41) is 2.89. The molecule has 1 amide bonds. The number of morpholine rings is 1. The Morgan fingerprint density at radius 2 is 2.38 bits per heavy atom. The molecule has 0 bridgehead atoms. The van der Waals surface area contributed by atoms with Crippen LogP contribution in [0.1, 0.15) is 25.0 Å². The molecule has 1 aliphatic heterocycles. The van der Waals surface area contributed by atoms with Gasteiger partial charge in [0.2, 0.25) is 5.91 Å². The largest absolute Gasteiger partial charge is 0.371 e. The third-order valence-corrected chi connectivity index (χ3v) is 3.78. The minimum atomic E-state index is -0.427. The van der Waals surface area contributed by atoms with E-state index in [0.717, 1.165) is 12.1 Å². The first-order chi connectivity index (χ1) is 10.1. The molecular weight excluding hydrogens is 295 g/mol. The summed E-state index contributed by atoms with van der Waals surface area (Å²) in [4.78, 5) is 13.7. The number of nitrogens with one attached hydrogen (secondary N) is 1. The lowest BCUT2D eigenvalue weighted by molar-refractivity contribution is -0.121. The van der Waals surface area contributed by atoms with Crippen LogP contribution in [-0.4, -0.2) is 43.6 Å². The number of amides is 1. The highest BCUT2D eigenvalue weighted by Crippen LogP contribution is 2.26. The van der Waals surface area contributed by atoms with Crippen LogP contribution in [0.25, 0.3) is 0 Å². The SMILES string of the molecule is CCNC(=O)CCN1CCOC(c2ccc(F)c(Cl)c2)C1. The maximum atomic E-state index is 13.2. The lowest BCUT2D eigenvalue weighted by Crippen LogP contribution is -2.40. The fraction of sp³-hybridized carbons (Fsp3) is 0.533. The van der Waals surface area contributed by atoms with E-state index in [-0.39, 0.29) is 17.0 Å². The van der Waals surface area contributed by atoms with E-state index in [4.69, 9.17) is 16.3 Å². The predicted octanol–water partition coefficient (Wildman–Crippen LogP) is 2.38. The Hall–Kier alpha value is -1.17. The number of ether oxygens (including phenoxy) is 1. The van der Waals surface area contributed by atoms with Gasteiger partial charge in [-0.2, -0.15) is 0 Å². The van der Waals surface area contributed by atoms with Crippen LogP contribution in [0.3, 0.4) is 0 Å². The van der Waals surface area contributed by atoms with Crippen molar-refractivity contribution < 1.29 is 13.9 Å². The summed E-state index contributed by atoms with van der Waals surface area (Å²) in [6.45, 7) is 5.32. The van der Waals surface area contributed by atoms with Crippen LogP contribution in [0.4, 0.5) is 4.39 Å². The van der Waals surface area contributed by atoms with E-state index in [1.54, 1.807) is 12.1 Å². The van der Waals surface area contributed by atoms with Crippen LogP contribution in [0.5, 0.6) is 0 Å². The van der Waals surface area contributed by atoms with Crippen molar-refractivity contribution >= 4 is 17.5 Å². The minimum absolute atomic E-state index is 0.0605. The van der Waals surface area contributed by atoms with Crippen molar-refractivity contribution in [3.63, 3.8) is 0 Å². The van der Waals surface area contributed by atoms with Gasteiger partial charge in [-0.1, -0.05) is 17.7 Å². The Morgan fingerprint density at radius 3 is 3.10 bits per heavy atom. The number of nitrogens with zero attached hydrogens (tertiary/aromatic N) is 1. The first kappa shape index (κ1) is 16.2. The molecule has 1 unspecified atom stereocenters. The monoisotopic (exact) mass is 314 g/mol. The maximum Gasteiger partial charge on any atom is 0.221 e. The summed E-state index contributed by atoms with van der Waals surface area (Å²) in [7, 11) is 0. The van der Waals surface area contributed by atoms with E-state index < -0.39 is 5.82 Å². The molecule has 6 heteroatoms. The van der Waals surface area contributed by atoms with Gasteiger partial charge in [0.25, 0.3) is 0 Å². The molecule has 0 radical (unpaired) electrons. The lowest BCUT2D eigenvalue weighted by Gasteiger charge is -2.33. The zero-order valence-corrected chi connectivity index (χ0v) is 12.8. The molecule has 4 nitrogen and oxygen atoms in total. The van der Waals surface area contributed by atoms with Crippen LogP contribution < -0.4 is 5.32 Å².